The van der Waals surface area contributed by atoms with Crippen molar-refractivity contribution in [3.8, 4) is 0 Å². The quantitative estimate of drug-likeness (QED) is 0.425. The number of nitrogens with one attached hydrogen (secondary N) is 1. The molecule has 2 heterocycles. The van der Waals surface area contributed by atoms with Crippen LogP contribution >= 0.6 is 23.2 Å². The first-order chi connectivity index (χ1) is 14.2. The van der Waals surface area contributed by atoms with Gasteiger partial charge in [-0.1, -0.05) is 29.3 Å². The lowest BCUT2D eigenvalue weighted by Gasteiger charge is -2.05. The van der Waals surface area contributed by atoms with Crippen molar-refractivity contribution in [2.45, 2.75) is 26.4 Å². The predicted molar refractivity (Wildman–Crippen MR) is 103 cm³/mol. The number of aromatic nitrogens is 5. The van der Waals surface area contributed by atoms with E-state index in [1.165, 1.54) is 17.9 Å². The average molecular weight is 460 g/mol. The Labute approximate surface area is 177 Å². The number of nitrogens with zero attached hydrogens (tertiary/aromatic N) is 6. The largest absolute Gasteiger partial charge is 0.319 e. The van der Waals surface area contributed by atoms with Gasteiger partial charge >= 0.3 is 5.69 Å². The van der Waals surface area contributed by atoms with Crippen molar-refractivity contribution >= 4 is 40.7 Å². The third-order valence-corrected chi connectivity index (χ3v) is 4.61. The monoisotopic (exact) mass is 459 g/mol. The maximum atomic E-state index is 13.0. The van der Waals surface area contributed by atoms with Crippen LogP contribution in [0.2, 0.25) is 10.0 Å². The van der Waals surface area contributed by atoms with Gasteiger partial charge in [-0.25, -0.2) is 18.4 Å². The molecule has 3 aromatic rings. The van der Waals surface area contributed by atoms with Crippen molar-refractivity contribution in [2.24, 2.45) is 0 Å². The molecule has 158 valence electrons. The van der Waals surface area contributed by atoms with E-state index in [2.05, 4.69) is 20.5 Å². The zero-order valence-electron chi connectivity index (χ0n) is 15.2. The molecule has 0 fully saturated rings. The Balaban J connectivity index is 1.69. The Morgan fingerprint density at radius 1 is 1.33 bits per heavy atom. The third-order valence-electron chi connectivity index (χ3n) is 4.02. The minimum Gasteiger partial charge on any atom is -0.292 e. The fourth-order valence-corrected chi connectivity index (χ4v) is 3.11. The highest BCUT2D eigenvalue weighted by Crippen LogP contribution is 2.30. The van der Waals surface area contributed by atoms with Crippen LogP contribution in [0.3, 0.4) is 0 Å². The first-order valence-electron chi connectivity index (χ1n) is 8.28. The summed E-state index contributed by atoms with van der Waals surface area (Å²) < 4.78 is 28.2. The average Bonchev–Trinajstić information content (AvgIpc) is 3.22. The van der Waals surface area contributed by atoms with E-state index in [4.69, 9.17) is 23.2 Å². The summed E-state index contributed by atoms with van der Waals surface area (Å²) in [7, 11) is 0. The summed E-state index contributed by atoms with van der Waals surface area (Å²) in [5.74, 6) is -0.739. The van der Waals surface area contributed by atoms with Crippen molar-refractivity contribution < 1.29 is 18.5 Å². The smallest absolute Gasteiger partial charge is 0.292 e. The van der Waals surface area contributed by atoms with Gasteiger partial charge in [0.15, 0.2) is 0 Å². The second kappa shape index (κ2) is 8.71. The van der Waals surface area contributed by atoms with Gasteiger partial charge in [0.1, 0.15) is 18.6 Å². The van der Waals surface area contributed by atoms with Crippen molar-refractivity contribution in [1.82, 2.24) is 24.5 Å². The highest BCUT2D eigenvalue weighted by molar-refractivity contribution is 6.35. The van der Waals surface area contributed by atoms with Crippen LogP contribution in [0.5, 0.6) is 0 Å². The van der Waals surface area contributed by atoms with Gasteiger partial charge in [-0.15, -0.1) is 5.10 Å². The highest BCUT2D eigenvalue weighted by atomic mass is 35.5. The number of rotatable bonds is 7. The van der Waals surface area contributed by atoms with Crippen LogP contribution in [0.4, 0.5) is 20.4 Å². The SMILES string of the molecule is Cc1c([N+](=O)[O-])c(C(F)F)nn1CC(=O)Nc1ncn(Cc2ccc(Cl)cc2Cl)n1. The topological polar surface area (TPSA) is 121 Å². The lowest BCUT2D eigenvalue weighted by atomic mass is 10.2. The molecule has 1 N–H and O–H groups in total. The van der Waals surface area contributed by atoms with E-state index >= 15 is 0 Å². The van der Waals surface area contributed by atoms with Crippen molar-refractivity contribution in [3.05, 3.63) is 61.6 Å². The van der Waals surface area contributed by atoms with Gasteiger partial charge in [-0.2, -0.15) is 5.10 Å². The van der Waals surface area contributed by atoms with Crippen molar-refractivity contribution in [2.75, 3.05) is 5.32 Å². The molecule has 0 saturated heterocycles. The Morgan fingerprint density at radius 2 is 2.07 bits per heavy atom. The normalized spacial score (nSPS) is 11.1. The molecule has 0 unspecified atom stereocenters. The van der Waals surface area contributed by atoms with Crippen LogP contribution in [0.1, 0.15) is 23.4 Å². The number of nitro groups is 1. The summed E-state index contributed by atoms with van der Waals surface area (Å²) >= 11 is 12.0. The van der Waals surface area contributed by atoms with Gasteiger partial charge in [0.05, 0.1) is 11.5 Å². The molecule has 0 aliphatic rings. The maximum absolute atomic E-state index is 13.0. The molecule has 0 spiro atoms. The Bertz CT molecular complexity index is 1120. The number of carbonyl (C=O) groups is 1. The van der Waals surface area contributed by atoms with Gasteiger partial charge in [-0.05, 0) is 24.6 Å². The first kappa shape index (κ1) is 21.6. The van der Waals surface area contributed by atoms with Crippen molar-refractivity contribution in [3.63, 3.8) is 0 Å². The molecule has 0 saturated carbocycles. The Hall–Kier alpha value is -3.12. The molecule has 2 aromatic heterocycles. The molecule has 10 nitrogen and oxygen atoms in total. The number of amides is 1. The van der Waals surface area contributed by atoms with Crippen LogP contribution in [-0.4, -0.2) is 35.4 Å². The summed E-state index contributed by atoms with van der Waals surface area (Å²) in [6.07, 6.45) is -1.79. The summed E-state index contributed by atoms with van der Waals surface area (Å²) in [6, 6.07) is 4.97. The number of hydrogen-bond donors (Lipinski definition) is 1. The maximum Gasteiger partial charge on any atom is 0.319 e. The molecule has 0 aliphatic carbocycles. The first-order valence-corrected chi connectivity index (χ1v) is 9.04. The highest BCUT2D eigenvalue weighted by Gasteiger charge is 2.31. The number of benzene rings is 1. The fourth-order valence-electron chi connectivity index (χ4n) is 2.64. The molecule has 30 heavy (non-hydrogen) atoms. The molecule has 14 heteroatoms. The minimum atomic E-state index is -3.15. The molecule has 0 atom stereocenters. The van der Waals surface area contributed by atoms with E-state index in [0.29, 0.717) is 10.0 Å². The Morgan fingerprint density at radius 3 is 2.67 bits per heavy atom. The Kier molecular flexibility index (Phi) is 6.27. The molecule has 0 radical (unpaired) electrons. The van der Waals surface area contributed by atoms with E-state index in [1.807, 2.05) is 0 Å². The molecule has 1 amide bonds. The molecule has 1 aromatic carbocycles. The van der Waals surface area contributed by atoms with E-state index in [-0.39, 0.29) is 18.2 Å². The third kappa shape index (κ3) is 4.71. The number of alkyl halides is 2. The van der Waals surface area contributed by atoms with Crippen LogP contribution in [0.15, 0.2) is 24.5 Å². The molecule has 0 bridgehead atoms. The lowest BCUT2D eigenvalue weighted by Crippen LogP contribution is -2.21. The molecule has 0 aliphatic heterocycles. The number of hydrogen-bond acceptors (Lipinski definition) is 6. The van der Waals surface area contributed by atoms with Crippen LogP contribution in [0, 0.1) is 17.0 Å². The zero-order chi connectivity index (χ0) is 22.0. The van der Waals surface area contributed by atoms with E-state index in [1.54, 1.807) is 18.2 Å². The summed E-state index contributed by atoms with van der Waals surface area (Å²) in [6.45, 7) is 0.963. The summed E-state index contributed by atoms with van der Waals surface area (Å²) in [4.78, 5) is 26.2. The van der Waals surface area contributed by atoms with Crippen molar-refractivity contribution in [1.29, 1.82) is 0 Å². The van der Waals surface area contributed by atoms with Crippen LogP contribution in [0.25, 0.3) is 0 Å². The van der Waals surface area contributed by atoms with E-state index in [0.717, 1.165) is 10.2 Å². The van der Waals surface area contributed by atoms with Gasteiger partial charge < -0.3 is 0 Å². The minimum absolute atomic E-state index is 0.0431. The lowest BCUT2D eigenvalue weighted by molar-refractivity contribution is -0.386. The van der Waals surface area contributed by atoms with E-state index < -0.39 is 35.2 Å². The van der Waals surface area contributed by atoms with E-state index in [9.17, 15) is 23.7 Å². The standard InChI is InChI=1S/C16H13Cl2F2N7O3/c1-8-14(27(29)30)13(15(19)20)23-26(8)6-12(28)22-16-21-7-25(24-16)5-9-2-3-10(17)4-11(9)18/h2-4,7,15H,5-6H2,1H3,(H,22,24,28). The fraction of sp³-hybridized carbons (Fsp3) is 0.250. The van der Waals surface area contributed by atoms with Crippen LogP contribution < -0.4 is 5.32 Å². The van der Waals surface area contributed by atoms with Gasteiger partial charge in [0.25, 0.3) is 6.43 Å². The summed E-state index contributed by atoms with van der Waals surface area (Å²) in [5.41, 5.74) is -1.25. The summed E-state index contributed by atoms with van der Waals surface area (Å²) in [5, 5.41) is 21.9. The molecule has 3 rings (SSSR count). The van der Waals surface area contributed by atoms with Gasteiger partial charge in [-0.3, -0.25) is 24.9 Å². The van der Waals surface area contributed by atoms with Gasteiger partial charge in [0.2, 0.25) is 17.5 Å². The zero-order valence-corrected chi connectivity index (χ0v) is 16.7. The van der Waals surface area contributed by atoms with Crippen LogP contribution in [-0.2, 0) is 17.9 Å². The molecular weight excluding hydrogens is 447 g/mol. The van der Waals surface area contributed by atoms with Gasteiger partial charge in [0, 0.05) is 10.0 Å². The predicted octanol–water partition coefficient (Wildman–Crippen LogP) is 3.62. The number of carbonyl (C=O) groups excluding carboxylic acids is 1. The number of anilines is 1. The molecular formula is C16H13Cl2F2N7O3. The number of halogens is 4. The second-order valence-corrected chi connectivity index (χ2v) is 6.93. The second-order valence-electron chi connectivity index (χ2n) is 6.08.